The number of methoxy groups -OCH3 is 1. The third kappa shape index (κ3) is 4.49. The van der Waals surface area contributed by atoms with Crippen molar-refractivity contribution in [2.75, 3.05) is 13.7 Å². The Labute approximate surface area is 196 Å². The Morgan fingerprint density at radius 1 is 1.09 bits per heavy atom. The molecule has 0 aliphatic heterocycles. The zero-order chi connectivity index (χ0) is 23.4. The largest absolute Gasteiger partial charge is 0.468 e. The van der Waals surface area contributed by atoms with Crippen molar-refractivity contribution in [1.82, 2.24) is 4.98 Å². The number of hydrogen-bond donors (Lipinski definition) is 2. The second-order valence-electron chi connectivity index (χ2n) is 7.50. The summed E-state index contributed by atoms with van der Waals surface area (Å²) in [7, 11) is 1.35. The molecule has 4 rings (SSSR count). The molecular formula is C26H23ClN2O4. The lowest BCUT2D eigenvalue weighted by Crippen LogP contribution is -2.05. The number of halogens is 1. The molecule has 0 spiro atoms. The van der Waals surface area contributed by atoms with Gasteiger partial charge in [0.2, 0.25) is 0 Å². The molecule has 0 saturated carbocycles. The number of aromatic amines is 1. The summed E-state index contributed by atoms with van der Waals surface area (Å²) in [6.07, 6.45) is 0.522. The number of carbonyl (C=O) groups is 2. The van der Waals surface area contributed by atoms with Crippen LogP contribution in [0.2, 0.25) is 5.02 Å². The fourth-order valence-electron chi connectivity index (χ4n) is 4.07. The van der Waals surface area contributed by atoms with Crippen molar-refractivity contribution in [1.29, 1.82) is 0 Å². The van der Waals surface area contributed by atoms with Crippen LogP contribution in [0.3, 0.4) is 0 Å². The summed E-state index contributed by atoms with van der Waals surface area (Å²) in [6.45, 7) is 0.974. The fraction of sp³-hybridized carbons (Fsp3) is 0.154. The second-order valence-corrected chi connectivity index (χ2v) is 7.91. The number of H-pyrrole nitrogens is 1. The van der Waals surface area contributed by atoms with Crippen LogP contribution in [0.1, 0.15) is 21.5 Å². The molecule has 3 N–H and O–H groups in total. The number of hydrogen-bond acceptors (Lipinski definition) is 5. The van der Waals surface area contributed by atoms with E-state index in [4.69, 9.17) is 26.8 Å². The Balaban J connectivity index is 1.86. The average Bonchev–Trinajstić information content (AvgIpc) is 3.21. The highest BCUT2D eigenvalue weighted by Crippen LogP contribution is 2.37. The first-order valence-corrected chi connectivity index (χ1v) is 10.8. The number of benzene rings is 3. The first-order valence-electron chi connectivity index (χ1n) is 10.4. The summed E-state index contributed by atoms with van der Waals surface area (Å²) in [5.41, 5.74) is 12.9. The molecule has 33 heavy (non-hydrogen) atoms. The van der Waals surface area contributed by atoms with E-state index in [-0.39, 0.29) is 13.2 Å². The molecule has 0 unspecified atom stereocenters. The van der Waals surface area contributed by atoms with Crippen LogP contribution in [0, 0.1) is 0 Å². The highest BCUT2D eigenvalue weighted by molar-refractivity contribution is 6.33. The molecule has 1 aromatic heterocycles. The van der Waals surface area contributed by atoms with Gasteiger partial charge in [0.25, 0.3) is 6.47 Å². The van der Waals surface area contributed by atoms with E-state index < -0.39 is 5.97 Å². The number of ether oxygens (including phenoxy) is 2. The second kappa shape index (κ2) is 9.90. The van der Waals surface area contributed by atoms with E-state index >= 15 is 0 Å². The van der Waals surface area contributed by atoms with Crippen molar-refractivity contribution in [3.63, 3.8) is 0 Å². The number of nitrogens with one attached hydrogen (secondary N) is 1. The molecule has 1 heterocycles. The van der Waals surface area contributed by atoms with Gasteiger partial charge in [-0.3, -0.25) is 4.79 Å². The molecule has 3 aromatic carbocycles. The molecule has 0 fully saturated rings. The maximum Gasteiger partial charge on any atom is 0.337 e. The van der Waals surface area contributed by atoms with Crippen LogP contribution in [-0.4, -0.2) is 31.1 Å². The minimum atomic E-state index is -0.404. The summed E-state index contributed by atoms with van der Waals surface area (Å²) in [5.74, 6) is -0.404. The molecule has 6 nitrogen and oxygen atoms in total. The fourth-order valence-corrected chi connectivity index (χ4v) is 4.30. The Hall–Kier alpha value is -3.61. The Morgan fingerprint density at radius 3 is 2.64 bits per heavy atom. The molecule has 7 heteroatoms. The normalized spacial score (nSPS) is 10.9. The molecule has 0 aliphatic carbocycles. The van der Waals surface area contributed by atoms with Gasteiger partial charge in [0, 0.05) is 34.5 Å². The smallest absolute Gasteiger partial charge is 0.337 e. The van der Waals surface area contributed by atoms with Crippen molar-refractivity contribution >= 4 is 34.9 Å². The summed E-state index contributed by atoms with van der Waals surface area (Å²) in [4.78, 5) is 26.1. The number of esters is 1. The summed E-state index contributed by atoms with van der Waals surface area (Å²) >= 11 is 6.48. The van der Waals surface area contributed by atoms with Gasteiger partial charge < -0.3 is 20.2 Å². The van der Waals surface area contributed by atoms with E-state index in [1.54, 1.807) is 12.1 Å². The quantitative estimate of drug-likeness (QED) is 0.215. The maximum absolute atomic E-state index is 11.9. The van der Waals surface area contributed by atoms with Gasteiger partial charge in [-0.15, -0.1) is 0 Å². The third-order valence-corrected chi connectivity index (χ3v) is 5.97. The predicted molar refractivity (Wildman–Crippen MR) is 129 cm³/mol. The molecule has 0 saturated heterocycles. The predicted octanol–water partition coefficient (Wildman–Crippen LogP) is 5.12. The first-order chi connectivity index (χ1) is 16.1. The molecule has 0 amide bonds. The number of rotatable bonds is 8. The van der Waals surface area contributed by atoms with Crippen LogP contribution in [0.5, 0.6) is 0 Å². The van der Waals surface area contributed by atoms with Crippen LogP contribution in [-0.2, 0) is 27.2 Å². The van der Waals surface area contributed by atoms with Gasteiger partial charge in [-0.05, 0) is 52.6 Å². The van der Waals surface area contributed by atoms with Crippen molar-refractivity contribution < 1.29 is 19.1 Å². The highest BCUT2D eigenvalue weighted by Gasteiger charge is 2.17. The molecule has 0 atom stereocenters. The van der Waals surface area contributed by atoms with Gasteiger partial charge in [-0.2, -0.15) is 0 Å². The van der Waals surface area contributed by atoms with E-state index in [1.807, 2.05) is 42.5 Å². The van der Waals surface area contributed by atoms with Gasteiger partial charge in [-0.1, -0.05) is 41.9 Å². The average molecular weight is 463 g/mol. The molecule has 0 bridgehead atoms. The first kappa shape index (κ1) is 22.6. The number of carbonyl (C=O) groups excluding carboxylic acids is 2. The Morgan fingerprint density at radius 2 is 1.91 bits per heavy atom. The van der Waals surface area contributed by atoms with Crippen LogP contribution in [0.25, 0.3) is 33.3 Å². The monoisotopic (exact) mass is 462 g/mol. The van der Waals surface area contributed by atoms with Crippen molar-refractivity contribution in [2.45, 2.75) is 13.0 Å². The molecule has 0 radical (unpaired) electrons. The Kier molecular flexibility index (Phi) is 6.77. The topological polar surface area (TPSA) is 94.4 Å². The van der Waals surface area contributed by atoms with Crippen LogP contribution < -0.4 is 5.73 Å². The molecular weight excluding hydrogens is 440 g/mol. The molecule has 168 valence electrons. The third-order valence-electron chi connectivity index (χ3n) is 5.64. The van der Waals surface area contributed by atoms with Gasteiger partial charge in [0.05, 0.1) is 25.0 Å². The minimum Gasteiger partial charge on any atom is -0.468 e. The zero-order valence-electron chi connectivity index (χ0n) is 18.1. The minimum absolute atomic E-state index is 0.250. The van der Waals surface area contributed by atoms with E-state index in [9.17, 15) is 9.59 Å². The van der Waals surface area contributed by atoms with Crippen LogP contribution >= 0.6 is 11.6 Å². The van der Waals surface area contributed by atoms with Gasteiger partial charge in [0.1, 0.15) is 0 Å². The zero-order valence-corrected chi connectivity index (χ0v) is 18.8. The standard InChI is InChI=1S/C26H23ClN2O4/c1-32-26(31)17-6-8-19(18(12-17)14-28)16-7-9-24-22(13-16)20(10-11-33-15-30)25(29-24)21-4-2-3-5-23(21)27/h2-9,12-13,15,29H,10-11,14,28H2,1H3. The van der Waals surface area contributed by atoms with Crippen molar-refractivity contribution in [2.24, 2.45) is 5.73 Å². The maximum atomic E-state index is 11.9. The van der Waals surface area contributed by atoms with E-state index in [1.165, 1.54) is 7.11 Å². The van der Waals surface area contributed by atoms with E-state index in [0.29, 0.717) is 23.5 Å². The lowest BCUT2D eigenvalue weighted by Gasteiger charge is -2.11. The Bertz CT molecular complexity index is 1330. The van der Waals surface area contributed by atoms with Crippen molar-refractivity contribution in [3.8, 4) is 22.4 Å². The van der Waals surface area contributed by atoms with E-state index in [0.717, 1.165) is 44.4 Å². The van der Waals surface area contributed by atoms with Gasteiger partial charge in [0.15, 0.2) is 0 Å². The van der Waals surface area contributed by atoms with Gasteiger partial charge in [-0.25, -0.2) is 4.79 Å². The molecule has 0 aliphatic rings. The summed E-state index contributed by atoms with van der Waals surface area (Å²) in [5, 5.41) is 1.63. The summed E-state index contributed by atoms with van der Waals surface area (Å²) < 4.78 is 9.81. The molecule has 4 aromatic rings. The number of aromatic nitrogens is 1. The summed E-state index contributed by atoms with van der Waals surface area (Å²) in [6, 6.07) is 19.1. The van der Waals surface area contributed by atoms with Crippen LogP contribution in [0.15, 0.2) is 60.7 Å². The van der Waals surface area contributed by atoms with E-state index in [2.05, 4.69) is 11.1 Å². The lowest BCUT2D eigenvalue weighted by atomic mass is 9.95. The van der Waals surface area contributed by atoms with Crippen LogP contribution in [0.4, 0.5) is 0 Å². The number of fused-ring (bicyclic) bond motifs is 1. The highest BCUT2D eigenvalue weighted by atomic mass is 35.5. The van der Waals surface area contributed by atoms with Gasteiger partial charge >= 0.3 is 5.97 Å². The SMILES string of the molecule is COC(=O)c1ccc(-c2ccc3[nH]c(-c4ccccc4Cl)c(CCOC=O)c3c2)c(CN)c1. The number of nitrogens with two attached hydrogens (primary N) is 1. The van der Waals surface area contributed by atoms with Crippen molar-refractivity contribution in [3.05, 3.63) is 82.4 Å². The lowest BCUT2D eigenvalue weighted by molar-refractivity contribution is -0.128.